The number of aliphatic hydroxyl groups is 5. The number of hydrogen-bond acceptors (Lipinski definition) is 8. The van der Waals surface area contributed by atoms with E-state index in [2.05, 4.69) is 43.5 Å². The predicted octanol–water partition coefficient (Wildman–Crippen LogP) is 18.5. The van der Waals surface area contributed by atoms with Crippen molar-refractivity contribution in [1.82, 2.24) is 5.32 Å². The largest absolute Gasteiger partial charge is 0.394 e. The van der Waals surface area contributed by atoms with Gasteiger partial charge in [-0.2, -0.15) is 0 Å². The zero-order chi connectivity index (χ0) is 56.5. The number of carbonyl (C=O) groups excluding carboxylic acids is 1. The number of amides is 1. The lowest BCUT2D eigenvalue weighted by Gasteiger charge is -2.40. The Morgan fingerprint density at radius 1 is 0.436 bits per heavy atom. The van der Waals surface area contributed by atoms with Crippen molar-refractivity contribution in [3.63, 3.8) is 0 Å². The molecule has 0 spiro atoms. The Kier molecular flexibility index (Phi) is 56.3. The van der Waals surface area contributed by atoms with E-state index in [4.69, 9.17) is 9.47 Å². The minimum Gasteiger partial charge on any atom is -0.394 e. The van der Waals surface area contributed by atoms with Gasteiger partial charge in [-0.3, -0.25) is 4.79 Å². The molecule has 1 amide bonds. The maximum Gasteiger partial charge on any atom is 0.220 e. The van der Waals surface area contributed by atoms with Gasteiger partial charge in [-0.05, 0) is 44.9 Å². The quantitative estimate of drug-likeness (QED) is 0.0261. The van der Waals surface area contributed by atoms with Crippen LogP contribution in [0.5, 0.6) is 0 Å². The summed E-state index contributed by atoms with van der Waals surface area (Å²) in [4.78, 5) is 13.1. The number of ether oxygens (including phenoxy) is 2. The van der Waals surface area contributed by atoms with Gasteiger partial charge in [0.05, 0.1) is 25.4 Å². The molecule has 9 nitrogen and oxygen atoms in total. The summed E-state index contributed by atoms with van der Waals surface area (Å²) < 4.78 is 11.4. The molecule has 0 aromatic carbocycles. The second-order valence-corrected chi connectivity index (χ2v) is 24.3. The molecule has 1 heterocycles. The molecule has 7 atom stereocenters. The first-order chi connectivity index (χ1) is 38.3. The average molecular weight is 1100 g/mol. The molecule has 0 bridgehead atoms. The van der Waals surface area contributed by atoms with Crippen molar-refractivity contribution in [2.45, 2.75) is 397 Å². The Bertz CT molecular complexity index is 1280. The summed E-state index contributed by atoms with van der Waals surface area (Å²) in [6.45, 7) is 3.88. The van der Waals surface area contributed by atoms with Crippen LogP contribution in [0, 0.1) is 0 Å². The molecule has 0 aliphatic carbocycles. The molecule has 1 rings (SSSR count). The van der Waals surface area contributed by atoms with Crippen molar-refractivity contribution in [2.75, 3.05) is 13.2 Å². The molecule has 0 radical (unpaired) electrons. The monoisotopic (exact) mass is 1100 g/mol. The Hall–Kier alpha value is -1.33. The lowest BCUT2D eigenvalue weighted by molar-refractivity contribution is -0.302. The standard InChI is InChI=1S/C69H133NO8/c1-3-5-7-9-11-13-15-17-19-21-23-25-26-27-28-29-30-31-32-33-34-35-36-37-38-39-41-43-45-47-49-51-53-55-57-59-65(73)70-62(61-77-69-68(76)67(75)66(74)64(60-71)78-69)63(72)58-56-54-52-50-48-46-44-42-40-24-22-20-18-16-14-12-10-8-6-4-2/h15,17,21,23,62-64,66-69,71-72,74-76H,3-14,16,18-20,22,24-61H2,1-2H3,(H,70,73)/b17-15-,23-21-. The van der Waals surface area contributed by atoms with Crippen LogP contribution >= 0.6 is 0 Å². The number of allylic oxidation sites excluding steroid dienone is 4. The molecular formula is C69H133NO8. The number of hydrogen-bond donors (Lipinski definition) is 6. The van der Waals surface area contributed by atoms with Crippen LogP contribution in [0.3, 0.4) is 0 Å². The summed E-state index contributed by atoms with van der Waals surface area (Å²) in [6, 6.07) is -0.717. The van der Waals surface area contributed by atoms with Gasteiger partial charge < -0.3 is 40.3 Å². The summed E-state index contributed by atoms with van der Waals surface area (Å²) in [5.74, 6) is -0.136. The van der Waals surface area contributed by atoms with E-state index in [0.717, 1.165) is 44.9 Å². The SMILES string of the molecule is CCCCCCC/C=C\C/C=C\CCCCCCCCCCCCCCCCCCCCCCCCCC(=O)NC(COC1OC(CO)C(O)C(O)C1O)C(O)CCCCCCCCCCCCCCCCCCCCCC. The number of aliphatic hydroxyl groups excluding tert-OH is 5. The smallest absolute Gasteiger partial charge is 0.220 e. The van der Waals surface area contributed by atoms with Gasteiger partial charge in [0.15, 0.2) is 6.29 Å². The molecule has 1 aliphatic rings. The van der Waals surface area contributed by atoms with Crippen molar-refractivity contribution in [2.24, 2.45) is 0 Å². The minimum absolute atomic E-state index is 0.132. The highest BCUT2D eigenvalue weighted by molar-refractivity contribution is 5.76. The van der Waals surface area contributed by atoms with E-state index in [9.17, 15) is 30.3 Å². The molecule has 0 aromatic rings. The van der Waals surface area contributed by atoms with Gasteiger partial charge in [-0.15, -0.1) is 0 Å². The van der Waals surface area contributed by atoms with Gasteiger partial charge in [0.2, 0.25) is 5.91 Å². The van der Waals surface area contributed by atoms with Crippen LogP contribution in [-0.2, 0) is 14.3 Å². The second-order valence-electron chi connectivity index (χ2n) is 24.3. The highest BCUT2D eigenvalue weighted by Gasteiger charge is 2.44. The van der Waals surface area contributed by atoms with Crippen LogP contribution in [-0.4, -0.2) is 87.5 Å². The second kappa shape index (κ2) is 58.9. The first kappa shape index (κ1) is 74.7. The third-order valence-electron chi connectivity index (χ3n) is 16.8. The predicted molar refractivity (Wildman–Crippen MR) is 332 cm³/mol. The maximum absolute atomic E-state index is 13.1. The molecule has 0 aromatic heterocycles. The van der Waals surface area contributed by atoms with Crippen LogP contribution in [0.2, 0.25) is 0 Å². The first-order valence-electron chi connectivity index (χ1n) is 34.5. The zero-order valence-electron chi connectivity index (χ0n) is 51.7. The Balaban J connectivity index is 2.07. The lowest BCUT2D eigenvalue weighted by atomic mass is 9.99. The zero-order valence-corrected chi connectivity index (χ0v) is 51.7. The first-order valence-corrected chi connectivity index (χ1v) is 34.5. The maximum atomic E-state index is 13.1. The molecule has 1 saturated heterocycles. The number of carbonyl (C=O) groups is 1. The number of rotatable bonds is 61. The fourth-order valence-corrected chi connectivity index (χ4v) is 11.4. The third-order valence-corrected chi connectivity index (χ3v) is 16.8. The van der Waals surface area contributed by atoms with E-state index in [1.807, 2.05) is 0 Å². The van der Waals surface area contributed by atoms with Crippen molar-refractivity contribution < 1.29 is 39.8 Å². The highest BCUT2D eigenvalue weighted by atomic mass is 16.7. The van der Waals surface area contributed by atoms with Crippen LogP contribution < -0.4 is 5.32 Å². The Morgan fingerprint density at radius 3 is 1.10 bits per heavy atom. The topological polar surface area (TPSA) is 149 Å². The van der Waals surface area contributed by atoms with E-state index < -0.39 is 49.5 Å². The van der Waals surface area contributed by atoms with Crippen molar-refractivity contribution >= 4 is 5.91 Å². The normalized spacial score (nSPS) is 18.7. The minimum atomic E-state index is -1.55. The highest BCUT2D eigenvalue weighted by Crippen LogP contribution is 2.24. The summed E-state index contributed by atoms with van der Waals surface area (Å²) in [5.41, 5.74) is 0. The number of nitrogens with one attached hydrogen (secondary N) is 1. The summed E-state index contributed by atoms with van der Waals surface area (Å²) in [5, 5.41) is 54.9. The molecule has 9 heteroatoms. The molecule has 462 valence electrons. The molecule has 1 aliphatic heterocycles. The molecular weight excluding hydrogens is 971 g/mol. The van der Waals surface area contributed by atoms with Gasteiger partial charge in [0, 0.05) is 6.42 Å². The fourth-order valence-electron chi connectivity index (χ4n) is 11.4. The summed E-state index contributed by atoms with van der Waals surface area (Å²) in [7, 11) is 0. The van der Waals surface area contributed by atoms with Crippen molar-refractivity contribution in [1.29, 1.82) is 0 Å². The van der Waals surface area contributed by atoms with Gasteiger partial charge in [0.1, 0.15) is 24.4 Å². The summed E-state index contributed by atoms with van der Waals surface area (Å²) >= 11 is 0. The molecule has 0 saturated carbocycles. The Morgan fingerprint density at radius 2 is 0.756 bits per heavy atom. The van der Waals surface area contributed by atoms with E-state index in [1.165, 1.54) is 283 Å². The third kappa shape index (κ3) is 47.2. The lowest BCUT2D eigenvalue weighted by Crippen LogP contribution is -2.60. The fraction of sp³-hybridized carbons (Fsp3) is 0.928. The average Bonchev–Trinajstić information content (AvgIpc) is 3.45. The van der Waals surface area contributed by atoms with Crippen molar-refractivity contribution in [3.8, 4) is 0 Å². The van der Waals surface area contributed by atoms with Crippen LogP contribution in [0.1, 0.15) is 354 Å². The van der Waals surface area contributed by atoms with Crippen LogP contribution in [0.15, 0.2) is 24.3 Å². The number of unbranched alkanes of at least 4 members (excludes halogenated alkanes) is 47. The van der Waals surface area contributed by atoms with E-state index in [0.29, 0.717) is 12.8 Å². The Labute approximate surface area is 483 Å². The molecule has 1 fully saturated rings. The van der Waals surface area contributed by atoms with Gasteiger partial charge >= 0.3 is 0 Å². The van der Waals surface area contributed by atoms with Crippen LogP contribution in [0.25, 0.3) is 0 Å². The van der Waals surface area contributed by atoms with Gasteiger partial charge in [-0.1, -0.05) is 327 Å². The summed E-state index contributed by atoms with van der Waals surface area (Å²) in [6.07, 6.45) is 69.6. The van der Waals surface area contributed by atoms with Gasteiger partial charge in [-0.25, -0.2) is 0 Å². The molecule has 6 N–H and O–H groups in total. The molecule has 78 heavy (non-hydrogen) atoms. The van der Waals surface area contributed by atoms with E-state index >= 15 is 0 Å². The van der Waals surface area contributed by atoms with E-state index in [-0.39, 0.29) is 12.5 Å². The molecule has 7 unspecified atom stereocenters. The van der Waals surface area contributed by atoms with Crippen molar-refractivity contribution in [3.05, 3.63) is 24.3 Å². The van der Waals surface area contributed by atoms with E-state index in [1.54, 1.807) is 0 Å². The van der Waals surface area contributed by atoms with Crippen LogP contribution in [0.4, 0.5) is 0 Å². The van der Waals surface area contributed by atoms with Gasteiger partial charge in [0.25, 0.3) is 0 Å².